The van der Waals surface area contributed by atoms with Crippen LogP contribution in [0.4, 0.5) is 11.4 Å². The Labute approximate surface area is 153 Å². The fraction of sp³-hybridized carbons (Fsp3) is 0.400. The third kappa shape index (κ3) is 4.45. The molecule has 1 fully saturated rings. The van der Waals surface area contributed by atoms with Crippen LogP contribution in [0, 0.1) is 0 Å². The molecule has 2 amide bonds. The van der Waals surface area contributed by atoms with Crippen LogP contribution in [-0.2, 0) is 4.79 Å². The molecule has 1 saturated heterocycles. The summed E-state index contributed by atoms with van der Waals surface area (Å²) >= 11 is 0. The van der Waals surface area contributed by atoms with E-state index >= 15 is 0 Å². The number of nitrogens with zero attached hydrogens (tertiary/aromatic N) is 2. The average Bonchev–Trinajstić information content (AvgIpc) is 3.21. The number of carbonyl (C=O) groups is 2. The van der Waals surface area contributed by atoms with Gasteiger partial charge in [0.05, 0.1) is 6.26 Å². The molecule has 2 heterocycles. The molecule has 0 aliphatic carbocycles. The minimum atomic E-state index is -0.279. The van der Waals surface area contributed by atoms with E-state index in [1.54, 1.807) is 17.0 Å². The Morgan fingerprint density at radius 2 is 1.85 bits per heavy atom. The van der Waals surface area contributed by atoms with Gasteiger partial charge in [0.25, 0.3) is 5.91 Å². The molecule has 1 aromatic carbocycles. The summed E-state index contributed by atoms with van der Waals surface area (Å²) in [5, 5.41) is 2.77. The van der Waals surface area contributed by atoms with Crippen LogP contribution in [0.15, 0.2) is 47.1 Å². The SMILES string of the molecule is CC(=O)N(CCNC(=O)c1ccco1)c1ccc(N2CCCCC2)cc1. The highest BCUT2D eigenvalue weighted by molar-refractivity contribution is 5.93. The van der Waals surface area contributed by atoms with Gasteiger partial charge in [-0.2, -0.15) is 0 Å². The first-order valence-corrected chi connectivity index (χ1v) is 9.10. The minimum absolute atomic E-state index is 0.0528. The Kier molecular flexibility index (Phi) is 5.94. The Morgan fingerprint density at radius 3 is 2.46 bits per heavy atom. The lowest BCUT2D eigenvalue weighted by Gasteiger charge is -2.29. The third-order valence-corrected chi connectivity index (χ3v) is 4.63. The lowest BCUT2D eigenvalue weighted by atomic mass is 10.1. The highest BCUT2D eigenvalue weighted by Crippen LogP contribution is 2.23. The maximum Gasteiger partial charge on any atom is 0.287 e. The number of piperidine rings is 1. The number of hydrogen-bond acceptors (Lipinski definition) is 4. The van der Waals surface area contributed by atoms with Gasteiger partial charge in [0, 0.05) is 44.5 Å². The van der Waals surface area contributed by atoms with Gasteiger partial charge in [-0.25, -0.2) is 0 Å². The van der Waals surface area contributed by atoms with Gasteiger partial charge < -0.3 is 19.5 Å². The van der Waals surface area contributed by atoms with Crippen LogP contribution in [0.2, 0.25) is 0 Å². The van der Waals surface area contributed by atoms with E-state index in [9.17, 15) is 9.59 Å². The molecule has 26 heavy (non-hydrogen) atoms. The molecule has 138 valence electrons. The molecular weight excluding hydrogens is 330 g/mol. The van der Waals surface area contributed by atoms with Crippen LogP contribution in [0.1, 0.15) is 36.7 Å². The van der Waals surface area contributed by atoms with Crippen LogP contribution in [-0.4, -0.2) is 38.0 Å². The van der Waals surface area contributed by atoms with Crippen molar-refractivity contribution >= 4 is 23.2 Å². The Morgan fingerprint density at radius 1 is 1.12 bits per heavy atom. The standard InChI is InChI=1S/C20H25N3O3/c1-16(24)23(14-11-21-20(25)19-6-5-15-26-19)18-9-7-17(8-10-18)22-12-3-2-4-13-22/h5-10,15H,2-4,11-14H2,1H3,(H,21,25). The number of nitrogens with one attached hydrogen (secondary N) is 1. The summed E-state index contributed by atoms with van der Waals surface area (Å²) in [5.74, 6) is -0.0628. The Bertz CT molecular complexity index is 719. The Hall–Kier alpha value is -2.76. The maximum absolute atomic E-state index is 12.0. The predicted molar refractivity (Wildman–Crippen MR) is 102 cm³/mol. The fourth-order valence-corrected chi connectivity index (χ4v) is 3.24. The molecule has 3 rings (SSSR count). The molecule has 0 atom stereocenters. The van der Waals surface area contributed by atoms with Gasteiger partial charge in [-0.15, -0.1) is 0 Å². The van der Waals surface area contributed by atoms with E-state index in [2.05, 4.69) is 22.3 Å². The summed E-state index contributed by atoms with van der Waals surface area (Å²) in [7, 11) is 0. The lowest BCUT2D eigenvalue weighted by molar-refractivity contribution is -0.116. The van der Waals surface area contributed by atoms with Gasteiger partial charge >= 0.3 is 0 Å². The van der Waals surface area contributed by atoms with Crippen molar-refractivity contribution in [3.8, 4) is 0 Å². The number of hydrogen-bond donors (Lipinski definition) is 1. The molecule has 0 radical (unpaired) electrons. The van der Waals surface area contributed by atoms with Gasteiger partial charge in [0.2, 0.25) is 5.91 Å². The highest BCUT2D eigenvalue weighted by atomic mass is 16.3. The number of carbonyl (C=O) groups excluding carboxylic acids is 2. The van der Waals surface area contributed by atoms with E-state index in [0.29, 0.717) is 13.1 Å². The number of amides is 2. The quantitative estimate of drug-likeness (QED) is 0.865. The molecule has 0 bridgehead atoms. The fourth-order valence-electron chi connectivity index (χ4n) is 3.24. The van der Waals surface area contributed by atoms with Crippen molar-refractivity contribution in [1.82, 2.24) is 5.32 Å². The number of anilines is 2. The first-order chi connectivity index (χ1) is 12.6. The van der Waals surface area contributed by atoms with Crippen LogP contribution < -0.4 is 15.1 Å². The van der Waals surface area contributed by atoms with Crippen LogP contribution in [0.5, 0.6) is 0 Å². The van der Waals surface area contributed by atoms with Gasteiger partial charge in [-0.3, -0.25) is 9.59 Å². The minimum Gasteiger partial charge on any atom is -0.459 e. The second-order valence-corrected chi connectivity index (χ2v) is 6.47. The summed E-state index contributed by atoms with van der Waals surface area (Å²) in [5.41, 5.74) is 2.04. The predicted octanol–water partition coefficient (Wildman–Crippen LogP) is 3.05. The van der Waals surface area contributed by atoms with Crippen LogP contribution in [0.3, 0.4) is 0 Å². The summed E-state index contributed by atoms with van der Waals surface area (Å²) in [6.07, 6.45) is 5.23. The topological polar surface area (TPSA) is 65.8 Å². The van der Waals surface area contributed by atoms with E-state index in [0.717, 1.165) is 18.8 Å². The number of benzene rings is 1. The molecule has 1 N–H and O–H groups in total. The van der Waals surface area contributed by atoms with Gasteiger partial charge in [-0.1, -0.05) is 0 Å². The van der Waals surface area contributed by atoms with E-state index in [1.165, 1.54) is 38.1 Å². The van der Waals surface area contributed by atoms with E-state index in [1.807, 2.05) is 12.1 Å². The van der Waals surface area contributed by atoms with Crippen molar-refractivity contribution in [2.45, 2.75) is 26.2 Å². The second-order valence-electron chi connectivity index (χ2n) is 6.47. The monoisotopic (exact) mass is 355 g/mol. The number of furan rings is 1. The highest BCUT2D eigenvalue weighted by Gasteiger charge is 2.15. The van der Waals surface area contributed by atoms with Crippen LogP contribution >= 0.6 is 0 Å². The van der Waals surface area contributed by atoms with Crippen molar-refractivity contribution in [2.24, 2.45) is 0 Å². The maximum atomic E-state index is 12.0. The van der Waals surface area contributed by atoms with Gasteiger partial charge in [0.15, 0.2) is 5.76 Å². The zero-order chi connectivity index (χ0) is 18.4. The summed E-state index contributed by atoms with van der Waals surface area (Å²) in [6, 6.07) is 11.4. The van der Waals surface area contributed by atoms with Crippen molar-refractivity contribution in [2.75, 3.05) is 36.0 Å². The molecule has 1 aliphatic rings. The average molecular weight is 355 g/mol. The molecule has 0 spiro atoms. The zero-order valence-electron chi connectivity index (χ0n) is 15.1. The zero-order valence-corrected chi connectivity index (χ0v) is 15.1. The Balaban J connectivity index is 1.58. The molecule has 1 aliphatic heterocycles. The molecule has 6 nitrogen and oxygen atoms in total. The molecule has 6 heteroatoms. The summed E-state index contributed by atoms with van der Waals surface area (Å²) in [4.78, 5) is 28.0. The first-order valence-electron chi connectivity index (χ1n) is 9.10. The third-order valence-electron chi connectivity index (χ3n) is 4.63. The normalized spacial score (nSPS) is 14.1. The van der Waals surface area contributed by atoms with Crippen molar-refractivity contribution < 1.29 is 14.0 Å². The van der Waals surface area contributed by atoms with E-state index in [4.69, 9.17) is 4.42 Å². The molecule has 0 saturated carbocycles. The van der Waals surface area contributed by atoms with Gasteiger partial charge in [0.1, 0.15) is 0 Å². The van der Waals surface area contributed by atoms with Crippen molar-refractivity contribution in [3.05, 3.63) is 48.4 Å². The van der Waals surface area contributed by atoms with E-state index < -0.39 is 0 Å². The van der Waals surface area contributed by atoms with Gasteiger partial charge in [-0.05, 0) is 55.7 Å². The lowest BCUT2D eigenvalue weighted by Crippen LogP contribution is -2.37. The first kappa shape index (κ1) is 18.0. The molecule has 2 aromatic rings. The molecule has 0 unspecified atom stereocenters. The van der Waals surface area contributed by atoms with Crippen LogP contribution in [0.25, 0.3) is 0 Å². The van der Waals surface area contributed by atoms with E-state index in [-0.39, 0.29) is 17.6 Å². The summed E-state index contributed by atoms with van der Waals surface area (Å²) < 4.78 is 5.06. The summed E-state index contributed by atoms with van der Waals surface area (Å²) in [6.45, 7) is 4.48. The smallest absolute Gasteiger partial charge is 0.287 e. The number of rotatable bonds is 6. The van der Waals surface area contributed by atoms with Crippen molar-refractivity contribution in [3.63, 3.8) is 0 Å². The molecule has 1 aromatic heterocycles. The largest absolute Gasteiger partial charge is 0.459 e. The molecular formula is C20H25N3O3. The second kappa shape index (κ2) is 8.56. The van der Waals surface area contributed by atoms with Crippen molar-refractivity contribution in [1.29, 1.82) is 0 Å².